The molecular formula is C20H17ClN4O4. The van der Waals surface area contributed by atoms with Crippen LogP contribution in [-0.2, 0) is 11.3 Å². The van der Waals surface area contributed by atoms with Gasteiger partial charge in [-0.3, -0.25) is 14.4 Å². The molecule has 3 rings (SSSR count). The summed E-state index contributed by atoms with van der Waals surface area (Å²) < 4.78 is 5.98. The summed E-state index contributed by atoms with van der Waals surface area (Å²) in [7, 11) is 1.54. The third-order valence-corrected chi connectivity index (χ3v) is 4.22. The number of anilines is 2. The molecule has 9 heteroatoms. The third-order valence-electron chi connectivity index (χ3n) is 3.89. The number of carbonyl (C=O) groups is 2. The SMILES string of the molecule is COc1ccc(NC(=O)c2ccc(=O)n(CC(=O)Nc3ccccc3Cl)n2)cc1. The van der Waals surface area contributed by atoms with Crippen LogP contribution in [0.1, 0.15) is 10.5 Å². The second-order valence-corrected chi connectivity index (χ2v) is 6.33. The van der Waals surface area contributed by atoms with E-state index < -0.39 is 17.4 Å². The fraction of sp³-hybridized carbons (Fsp3) is 0.100. The Kier molecular flexibility index (Phi) is 6.25. The Morgan fingerprint density at radius 1 is 1.03 bits per heavy atom. The van der Waals surface area contributed by atoms with Crippen LogP contribution in [0.25, 0.3) is 0 Å². The van der Waals surface area contributed by atoms with E-state index in [0.717, 1.165) is 4.68 Å². The lowest BCUT2D eigenvalue weighted by molar-refractivity contribution is -0.117. The number of rotatable bonds is 6. The van der Waals surface area contributed by atoms with Gasteiger partial charge in [0.05, 0.1) is 17.8 Å². The van der Waals surface area contributed by atoms with E-state index in [1.165, 1.54) is 12.1 Å². The molecule has 0 fully saturated rings. The van der Waals surface area contributed by atoms with Crippen molar-refractivity contribution in [3.8, 4) is 5.75 Å². The molecule has 29 heavy (non-hydrogen) atoms. The molecule has 0 bridgehead atoms. The van der Waals surface area contributed by atoms with Crippen LogP contribution in [0.4, 0.5) is 11.4 Å². The van der Waals surface area contributed by atoms with E-state index in [1.54, 1.807) is 55.6 Å². The van der Waals surface area contributed by atoms with Gasteiger partial charge in [0.1, 0.15) is 18.0 Å². The predicted molar refractivity (Wildman–Crippen MR) is 110 cm³/mol. The van der Waals surface area contributed by atoms with Crippen LogP contribution in [0.5, 0.6) is 5.75 Å². The molecule has 0 aliphatic heterocycles. The van der Waals surface area contributed by atoms with Gasteiger partial charge in [-0.05, 0) is 42.5 Å². The summed E-state index contributed by atoms with van der Waals surface area (Å²) in [4.78, 5) is 36.7. The maximum atomic E-state index is 12.4. The van der Waals surface area contributed by atoms with Gasteiger partial charge in [0.2, 0.25) is 5.91 Å². The molecule has 3 aromatic rings. The smallest absolute Gasteiger partial charge is 0.276 e. The maximum Gasteiger partial charge on any atom is 0.276 e. The standard InChI is InChI=1S/C20H17ClN4O4/c1-29-14-8-6-13(7-9-14)22-20(28)17-10-11-19(27)25(24-17)12-18(26)23-16-5-3-2-4-15(16)21/h2-11H,12H2,1H3,(H,22,28)(H,23,26). The number of nitrogens with zero attached hydrogens (tertiary/aromatic N) is 2. The highest BCUT2D eigenvalue weighted by Crippen LogP contribution is 2.20. The first-order chi connectivity index (χ1) is 14.0. The van der Waals surface area contributed by atoms with Crippen molar-refractivity contribution in [3.05, 3.63) is 81.7 Å². The van der Waals surface area contributed by atoms with E-state index in [4.69, 9.17) is 16.3 Å². The second-order valence-electron chi connectivity index (χ2n) is 5.93. The molecule has 0 radical (unpaired) electrons. The molecule has 0 saturated carbocycles. The Bertz CT molecular complexity index is 1100. The predicted octanol–water partition coefficient (Wildman–Crippen LogP) is 2.80. The van der Waals surface area contributed by atoms with Crippen LogP contribution in [0.2, 0.25) is 5.02 Å². The summed E-state index contributed by atoms with van der Waals surface area (Å²) in [6.45, 7) is -0.367. The molecule has 0 saturated heterocycles. The number of halogens is 1. The molecule has 0 unspecified atom stereocenters. The molecule has 1 heterocycles. The minimum atomic E-state index is -0.518. The molecule has 2 N–H and O–H groups in total. The number of carbonyl (C=O) groups excluding carboxylic acids is 2. The number of methoxy groups -OCH3 is 1. The third kappa shape index (κ3) is 5.20. The summed E-state index contributed by atoms with van der Waals surface area (Å²) in [5.74, 6) is -0.366. The van der Waals surface area contributed by atoms with Crippen LogP contribution in [0, 0.1) is 0 Å². The molecular weight excluding hydrogens is 396 g/mol. The van der Waals surface area contributed by atoms with Crippen LogP contribution >= 0.6 is 11.6 Å². The average Bonchev–Trinajstić information content (AvgIpc) is 2.72. The zero-order valence-electron chi connectivity index (χ0n) is 15.4. The van der Waals surface area contributed by atoms with Crippen molar-refractivity contribution in [1.29, 1.82) is 0 Å². The Morgan fingerprint density at radius 3 is 2.45 bits per heavy atom. The lowest BCUT2D eigenvalue weighted by Gasteiger charge is -2.09. The van der Waals surface area contributed by atoms with Crippen molar-refractivity contribution in [2.24, 2.45) is 0 Å². The van der Waals surface area contributed by atoms with Crippen molar-refractivity contribution in [2.75, 3.05) is 17.7 Å². The van der Waals surface area contributed by atoms with Crippen LogP contribution in [-0.4, -0.2) is 28.7 Å². The van der Waals surface area contributed by atoms with Crippen molar-refractivity contribution in [3.63, 3.8) is 0 Å². The molecule has 8 nitrogen and oxygen atoms in total. The fourth-order valence-electron chi connectivity index (χ4n) is 2.44. The number of benzene rings is 2. The van der Waals surface area contributed by atoms with E-state index in [-0.39, 0.29) is 12.2 Å². The maximum absolute atomic E-state index is 12.4. The molecule has 0 atom stereocenters. The lowest BCUT2D eigenvalue weighted by atomic mass is 10.3. The molecule has 2 amide bonds. The first-order valence-corrected chi connectivity index (χ1v) is 8.92. The zero-order valence-corrected chi connectivity index (χ0v) is 16.1. The molecule has 2 aromatic carbocycles. The van der Waals surface area contributed by atoms with E-state index in [0.29, 0.717) is 22.1 Å². The highest BCUT2D eigenvalue weighted by Gasteiger charge is 2.13. The van der Waals surface area contributed by atoms with Crippen molar-refractivity contribution < 1.29 is 14.3 Å². The average molecular weight is 413 g/mol. The molecule has 0 spiro atoms. The minimum Gasteiger partial charge on any atom is -0.497 e. The topological polar surface area (TPSA) is 102 Å². The highest BCUT2D eigenvalue weighted by atomic mass is 35.5. The van der Waals surface area contributed by atoms with E-state index in [9.17, 15) is 14.4 Å². The normalized spacial score (nSPS) is 10.3. The summed E-state index contributed by atoms with van der Waals surface area (Å²) in [6.07, 6.45) is 0. The quantitative estimate of drug-likeness (QED) is 0.648. The number of hydrogen-bond donors (Lipinski definition) is 2. The Hall–Kier alpha value is -3.65. The van der Waals surface area contributed by atoms with Gasteiger partial charge in [-0.1, -0.05) is 23.7 Å². The van der Waals surface area contributed by atoms with Crippen molar-refractivity contribution >= 4 is 34.8 Å². The first-order valence-electron chi connectivity index (χ1n) is 8.54. The van der Waals surface area contributed by atoms with Crippen molar-refractivity contribution in [1.82, 2.24) is 9.78 Å². The Morgan fingerprint density at radius 2 is 1.76 bits per heavy atom. The molecule has 1 aromatic heterocycles. The number of para-hydroxylation sites is 1. The van der Waals surface area contributed by atoms with E-state index >= 15 is 0 Å². The summed E-state index contributed by atoms with van der Waals surface area (Å²) in [5, 5.41) is 9.62. The number of ether oxygens (including phenoxy) is 1. The van der Waals surface area contributed by atoms with Gasteiger partial charge >= 0.3 is 0 Å². The van der Waals surface area contributed by atoms with Gasteiger partial charge in [-0.25, -0.2) is 4.68 Å². The Labute approximate surface area is 171 Å². The monoisotopic (exact) mass is 412 g/mol. The minimum absolute atomic E-state index is 0.00837. The number of hydrogen-bond acceptors (Lipinski definition) is 5. The van der Waals surface area contributed by atoms with Crippen LogP contribution < -0.4 is 20.9 Å². The van der Waals surface area contributed by atoms with Gasteiger partial charge < -0.3 is 15.4 Å². The molecule has 148 valence electrons. The fourth-order valence-corrected chi connectivity index (χ4v) is 2.62. The van der Waals surface area contributed by atoms with Crippen molar-refractivity contribution in [2.45, 2.75) is 6.54 Å². The summed E-state index contributed by atoms with van der Waals surface area (Å²) >= 11 is 6.01. The van der Waals surface area contributed by atoms with Gasteiger partial charge in [-0.15, -0.1) is 0 Å². The van der Waals surface area contributed by atoms with E-state index in [1.807, 2.05) is 0 Å². The van der Waals surface area contributed by atoms with Gasteiger partial charge in [0, 0.05) is 11.8 Å². The number of aromatic nitrogens is 2. The van der Waals surface area contributed by atoms with Crippen LogP contribution in [0.3, 0.4) is 0 Å². The molecule has 0 aliphatic rings. The van der Waals surface area contributed by atoms with Gasteiger partial charge in [0.15, 0.2) is 0 Å². The Balaban J connectivity index is 1.71. The number of nitrogens with one attached hydrogen (secondary N) is 2. The molecule has 0 aliphatic carbocycles. The highest BCUT2D eigenvalue weighted by molar-refractivity contribution is 6.33. The second kappa shape index (κ2) is 9.03. The van der Waals surface area contributed by atoms with Gasteiger partial charge in [-0.2, -0.15) is 5.10 Å². The largest absolute Gasteiger partial charge is 0.497 e. The van der Waals surface area contributed by atoms with Gasteiger partial charge in [0.25, 0.3) is 11.5 Å². The number of amides is 2. The summed E-state index contributed by atoms with van der Waals surface area (Å²) in [6, 6.07) is 15.9. The summed E-state index contributed by atoms with van der Waals surface area (Å²) in [5.41, 5.74) is 0.429. The van der Waals surface area contributed by atoms with E-state index in [2.05, 4.69) is 15.7 Å². The van der Waals surface area contributed by atoms with Crippen LogP contribution in [0.15, 0.2) is 65.5 Å². The zero-order chi connectivity index (χ0) is 20.8. The lowest BCUT2D eigenvalue weighted by Crippen LogP contribution is -2.31. The first kappa shape index (κ1) is 20.1.